The molecule has 0 saturated heterocycles. The number of nitrogens with zero attached hydrogens (tertiary/aromatic N) is 2. The molecule has 0 unspecified atom stereocenters. The van der Waals surface area contributed by atoms with Crippen LogP contribution in [-0.2, 0) is 21.0 Å². The van der Waals surface area contributed by atoms with Gasteiger partial charge in [0.15, 0.2) is 0 Å². The van der Waals surface area contributed by atoms with E-state index in [0.717, 1.165) is 16.6 Å². The fourth-order valence-electron chi connectivity index (χ4n) is 2.99. The lowest BCUT2D eigenvalue weighted by Gasteiger charge is -2.23. The first-order valence-corrected chi connectivity index (χ1v) is 11.3. The van der Waals surface area contributed by atoms with Crippen LogP contribution in [0.4, 0.5) is 18.9 Å². The van der Waals surface area contributed by atoms with Crippen LogP contribution in [-0.4, -0.2) is 34.2 Å². The smallest absolute Gasteiger partial charge is 0.417 e. The van der Waals surface area contributed by atoms with Crippen LogP contribution in [0.1, 0.15) is 11.1 Å². The van der Waals surface area contributed by atoms with Crippen molar-refractivity contribution >= 4 is 27.8 Å². The molecule has 0 saturated carbocycles. The zero-order valence-corrected chi connectivity index (χ0v) is 18.7. The number of nitrogens with one attached hydrogen (secondary N) is 1. The normalized spacial score (nSPS) is 11.9. The summed E-state index contributed by atoms with van der Waals surface area (Å²) in [7, 11) is -2.69. The fourth-order valence-corrected chi connectivity index (χ4v) is 4.43. The summed E-state index contributed by atoms with van der Waals surface area (Å²) in [4.78, 5) is 12.5. The highest BCUT2D eigenvalue weighted by Gasteiger charge is 2.32. The number of rotatable bonds is 8. The highest BCUT2D eigenvalue weighted by molar-refractivity contribution is 7.92. The Morgan fingerprint density at radius 1 is 1.00 bits per heavy atom. The molecule has 178 valence electrons. The minimum Gasteiger partial charge on any atom is -0.497 e. The SMILES string of the molecule is COc1ccc(N(CC(=O)N/N=C\c2ccccc2C(F)(F)F)S(=O)(=O)c2ccccc2)cc1. The Morgan fingerprint density at radius 2 is 1.62 bits per heavy atom. The van der Waals surface area contributed by atoms with Crippen LogP contribution < -0.4 is 14.5 Å². The molecule has 0 heterocycles. The molecule has 3 rings (SSSR count). The molecule has 1 amide bonds. The number of ether oxygens (including phenoxy) is 1. The summed E-state index contributed by atoms with van der Waals surface area (Å²) in [6, 6.07) is 18.2. The fraction of sp³-hybridized carbons (Fsp3) is 0.130. The van der Waals surface area contributed by atoms with E-state index in [1.54, 1.807) is 18.2 Å². The van der Waals surface area contributed by atoms with Gasteiger partial charge in [0.25, 0.3) is 15.9 Å². The van der Waals surface area contributed by atoms with Crippen LogP contribution in [0.25, 0.3) is 0 Å². The molecule has 0 spiro atoms. The zero-order valence-electron chi connectivity index (χ0n) is 17.9. The number of sulfonamides is 1. The van der Waals surface area contributed by atoms with E-state index in [1.807, 2.05) is 0 Å². The second-order valence-electron chi connectivity index (χ2n) is 6.90. The van der Waals surface area contributed by atoms with Crippen LogP contribution in [0, 0.1) is 0 Å². The maximum atomic E-state index is 13.2. The van der Waals surface area contributed by atoms with Gasteiger partial charge in [-0.25, -0.2) is 13.8 Å². The number of hydrogen-bond acceptors (Lipinski definition) is 5. The van der Waals surface area contributed by atoms with Crippen LogP contribution in [0.2, 0.25) is 0 Å². The van der Waals surface area contributed by atoms with Gasteiger partial charge in [0, 0.05) is 5.56 Å². The maximum absolute atomic E-state index is 13.2. The maximum Gasteiger partial charge on any atom is 0.417 e. The number of methoxy groups -OCH3 is 1. The van der Waals surface area contributed by atoms with Crippen molar-refractivity contribution in [2.45, 2.75) is 11.1 Å². The molecular weight excluding hydrogens is 471 g/mol. The lowest BCUT2D eigenvalue weighted by Crippen LogP contribution is -2.39. The van der Waals surface area contributed by atoms with Gasteiger partial charge in [0.05, 0.1) is 29.5 Å². The number of carbonyl (C=O) groups excluding carboxylic acids is 1. The molecule has 7 nitrogen and oxygen atoms in total. The molecule has 0 atom stereocenters. The summed E-state index contributed by atoms with van der Waals surface area (Å²) in [6.07, 6.45) is -3.74. The minimum absolute atomic E-state index is 0.0405. The van der Waals surface area contributed by atoms with Gasteiger partial charge >= 0.3 is 6.18 Å². The monoisotopic (exact) mass is 491 g/mol. The Hall–Kier alpha value is -3.86. The Bertz CT molecular complexity index is 1260. The van der Waals surface area contributed by atoms with Gasteiger partial charge < -0.3 is 4.74 Å². The number of benzene rings is 3. The van der Waals surface area contributed by atoms with Crippen LogP contribution in [0.3, 0.4) is 0 Å². The van der Waals surface area contributed by atoms with Crippen molar-refractivity contribution in [3.05, 3.63) is 90.0 Å². The van der Waals surface area contributed by atoms with Gasteiger partial charge in [-0.3, -0.25) is 9.10 Å². The van der Waals surface area contributed by atoms with Gasteiger partial charge in [-0.05, 0) is 42.5 Å². The van der Waals surface area contributed by atoms with Gasteiger partial charge in [-0.2, -0.15) is 18.3 Å². The summed E-state index contributed by atoms with van der Waals surface area (Å²) < 4.78 is 71.7. The van der Waals surface area contributed by atoms with Gasteiger partial charge in [-0.15, -0.1) is 0 Å². The summed E-state index contributed by atoms with van der Waals surface area (Å²) in [6.45, 7) is -0.665. The Labute approximate surface area is 194 Å². The van der Waals surface area contributed by atoms with Crippen molar-refractivity contribution in [3.8, 4) is 5.75 Å². The van der Waals surface area contributed by atoms with E-state index in [1.165, 1.54) is 61.7 Å². The van der Waals surface area contributed by atoms with Crippen LogP contribution in [0.15, 0.2) is 88.9 Å². The molecule has 0 aromatic heterocycles. The predicted molar refractivity (Wildman–Crippen MR) is 121 cm³/mol. The van der Waals surface area contributed by atoms with Crippen LogP contribution >= 0.6 is 0 Å². The highest BCUT2D eigenvalue weighted by atomic mass is 32.2. The Balaban J connectivity index is 1.84. The Morgan fingerprint density at radius 3 is 2.24 bits per heavy atom. The van der Waals surface area contributed by atoms with Crippen molar-refractivity contribution in [2.75, 3.05) is 18.0 Å². The molecule has 0 fully saturated rings. The first kappa shape index (κ1) is 24.8. The van der Waals surface area contributed by atoms with Crippen LogP contribution in [0.5, 0.6) is 5.75 Å². The lowest BCUT2D eigenvalue weighted by molar-refractivity contribution is -0.137. The summed E-state index contributed by atoms with van der Waals surface area (Å²) in [5.41, 5.74) is 1.11. The third-order valence-corrected chi connectivity index (χ3v) is 6.43. The van der Waals surface area contributed by atoms with Gasteiger partial charge in [0.2, 0.25) is 0 Å². The second kappa shape index (κ2) is 10.4. The molecular formula is C23H20F3N3O4S. The van der Waals surface area contributed by atoms with E-state index < -0.39 is 34.2 Å². The van der Waals surface area contributed by atoms with Gasteiger partial charge in [-0.1, -0.05) is 36.4 Å². The molecule has 34 heavy (non-hydrogen) atoms. The second-order valence-corrected chi connectivity index (χ2v) is 8.76. The molecule has 0 bridgehead atoms. The third-order valence-electron chi connectivity index (χ3n) is 4.64. The number of carbonyl (C=O) groups is 1. The molecule has 11 heteroatoms. The quantitative estimate of drug-likeness (QED) is 0.380. The Kier molecular flexibility index (Phi) is 7.57. The molecule has 0 aliphatic rings. The molecule has 0 aliphatic heterocycles. The van der Waals surface area contributed by atoms with Crippen molar-refractivity contribution < 1.29 is 31.1 Å². The molecule has 0 radical (unpaired) electrons. The first-order chi connectivity index (χ1) is 16.1. The van der Waals surface area contributed by atoms with E-state index in [-0.39, 0.29) is 16.1 Å². The van der Waals surface area contributed by atoms with Gasteiger partial charge in [0.1, 0.15) is 12.3 Å². The lowest BCUT2D eigenvalue weighted by atomic mass is 10.1. The topological polar surface area (TPSA) is 88.1 Å². The molecule has 3 aromatic carbocycles. The standard InChI is InChI=1S/C23H20F3N3O4S/c1-33-19-13-11-18(12-14-19)29(34(31,32)20-8-3-2-4-9-20)16-22(30)28-27-15-17-7-5-6-10-21(17)23(24,25)26/h2-15H,16H2,1H3,(H,28,30)/b27-15-. The van der Waals surface area contributed by atoms with Crippen molar-refractivity contribution in [1.82, 2.24) is 5.43 Å². The summed E-state index contributed by atoms with van der Waals surface area (Å²) in [5, 5.41) is 3.58. The van der Waals surface area contributed by atoms with Crippen molar-refractivity contribution in [1.29, 1.82) is 0 Å². The van der Waals surface area contributed by atoms with E-state index >= 15 is 0 Å². The predicted octanol–water partition coefficient (Wildman–Crippen LogP) is 4.06. The van der Waals surface area contributed by atoms with E-state index in [9.17, 15) is 26.4 Å². The van der Waals surface area contributed by atoms with Crippen molar-refractivity contribution in [2.24, 2.45) is 5.10 Å². The zero-order chi connectivity index (χ0) is 24.8. The number of hydrazone groups is 1. The van der Waals surface area contributed by atoms with E-state index in [0.29, 0.717) is 5.75 Å². The number of amides is 1. The number of anilines is 1. The number of halogens is 3. The number of hydrogen-bond donors (Lipinski definition) is 1. The number of alkyl halides is 3. The molecule has 0 aliphatic carbocycles. The van der Waals surface area contributed by atoms with E-state index in [4.69, 9.17) is 4.74 Å². The summed E-state index contributed by atoms with van der Waals surface area (Å²) in [5.74, 6) is -0.366. The summed E-state index contributed by atoms with van der Waals surface area (Å²) >= 11 is 0. The highest BCUT2D eigenvalue weighted by Crippen LogP contribution is 2.31. The minimum atomic E-state index is -4.60. The largest absolute Gasteiger partial charge is 0.497 e. The average molecular weight is 491 g/mol. The molecule has 1 N–H and O–H groups in total. The third kappa shape index (κ3) is 5.93. The molecule has 3 aromatic rings. The first-order valence-electron chi connectivity index (χ1n) is 9.83. The van der Waals surface area contributed by atoms with E-state index in [2.05, 4.69) is 10.5 Å². The van der Waals surface area contributed by atoms with Crippen molar-refractivity contribution in [3.63, 3.8) is 0 Å². The average Bonchev–Trinajstić information content (AvgIpc) is 2.83.